The molecule has 0 heterocycles. The second-order valence-corrected chi connectivity index (χ2v) is 3.94. The van der Waals surface area contributed by atoms with Gasteiger partial charge in [-0.25, -0.2) is 0 Å². The average Bonchev–Trinajstić information content (AvgIpc) is 2.16. The first kappa shape index (κ1) is 10.2. The highest BCUT2D eigenvalue weighted by Crippen LogP contribution is 2.21. The van der Waals surface area contributed by atoms with Crippen LogP contribution in [0, 0.1) is 11.3 Å². The zero-order valence-electron chi connectivity index (χ0n) is 6.96. The number of nitrogens with zero attached hydrogens (tertiary/aromatic N) is 1. The van der Waals surface area contributed by atoms with E-state index >= 15 is 0 Å². The maximum Gasteiger partial charge on any atom is 0.0949 e. The van der Waals surface area contributed by atoms with Gasteiger partial charge in [-0.15, -0.1) is 11.8 Å². The van der Waals surface area contributed by atoms with Crippen molar-refractivity contribution in [3.63, 3.8) is 0 Å². The fourth-order valence-corrected chi connectivity index (χ4v) is 1.59. The van der Waals surface area contributed by atoms with Crippen molar-refractivity contribution in [1.82, 2.24) is 0 Å². The Morgan fingerprint density at radius 3 is 2.62 bits per heavy atom. The van der Waals surface area contributed by atoms with Crippen molar-refractivity contribution in [3.8, 4) is 6.07 Å². The molecule has 0 bridgehead atoms. The van der Waals surface area contributed by atoms with Gasteiger partial charge in [-0.3, -0.25) is 0 Å². The second-order valence-electron chi connectivity index (χ2n) is 2.46. The van der Waals surface area contributed by atoms with Crippen LogP contribution in [-0.2, 0) is 0 Å². The van der Waals surface area contributed by atoms with Crippen molar-refractivity contribution in [2.24, 2.45) is 0 Å². The van der Waals surface area contributed by atoms with Crippen LogP contribution in [0.5, 0.6) is 0 Å². The molecule has 0 aliphatic rings. The highest BCUT2D eigenvalue weighted by molar-refractivity contribution is 7.99. The van der Waals surface area contributed by atoms with Gasteiger partial charge in [-0.05, 0) is 24.3 Å². The molecule has 0 N–H and O–H groups in total. The second kappa shape index (κ2) is 4.96. The van der Waals surface area contributed by atoms with Crippen molar-refractivity contribution in [1.29, 1.82) is 5.26 Å². The Morgan fingerprint density at radius 2 is 2.08 bits per heavy atom. The number of halogens is 1. The Bertz CT molecular complexity index is 337. The van der Waals surface area contributed by atoms with Crippen LogP contribution in [0.15, 0.2) is 41.3 Å². The van der Waals surface area contributed by atoms with Crippen LogP contribution < -0.4 is 0 Å². The molecule has 0 radical (unpaired) electrons. The van der Waals surface area contributed by atoms with E-state index in [0.717, 1.165) is 9.92 Å². The number of hydrogen-bond donors (Lipinski definition) is 0. The summed E-state index contributed by atoms with van der Waals surface area (Å²) in [5.74, 6) is 0.637. The molecule has 0 saturated heterocycles. The smallest absolute Gasteiger partial charge is 0.0949 e. The molecule has 0 saturated carbocycles. The van der Waals surface area contributed by atoms with Crippen LogP contribution in [0.25, 0.3) is 0 Å². The topological polar surface area (TPSA) is 23.8 Å². The van der Waals surface area contributed by atoms with Crippen molar-refractivity contribution in [2.75, 3.05) is 5.75 Å². The molecule has 3 heteroatoms. The number of hydrogen-bond acceptors (Lipinski definition) is 2. The van der Waals surface area contributed by atoms with Gasteiger partial charge in [0.05, 0.1) is 6.07 Å². The average molecular weight is 210 g/mol. The van der Waals surface area contributed by atoms with Gasteiger partial charge < -0.3 is 0 Å². The van der Waals surface area contributed by atoms with Crippen LogP contribution in [0.2, 0.25) is 5.02 Å². The summed E-state index contributed by atoms with van der Waals surface area (Å²) in [6.45, 7) is 3.60. The molecule has 1 aromatic rings. The lowest BCUT2D eigenvalue weighted by Gasteiger charge is -1.98. The molecule has 66 valence electrons. The minimum absolute atomic E-state index is 0.583. The van der Waals surface area contributed by atoms with E-state index in [4.69, 9.17) is 16.9 Å². The maximum absolute atomic E-state index is 8.47. The van der Waals surface area contributed by atoms with E-state index < -0.39 is 0 Å². The van der Waals surface area contributed by atoms with Gasteiger partial charge in [0, 0.05) is 21.2 Å². The van der Waals surface area contributed by atoms with Crippen LogP contribution in [0.3, 0.4) is 0 Å². The first-order chi connectivity index (χ1) is 6.22. The van der Waals surface area contributed by atoms with Crippen molar-refractivity contribution < 1.29 is 0 Å². The summed E-state index contributed by atoms with van der Waals surface area (Å²) in [5.41, 5.74) is 0.583. The normalized spacial score (nSPS) is 9.23. The summed E-state index contributed by atoms with van der Waals surface area (Å²) in [5, 5.41) is 9.20. The molecule has 1 aromatic carbocycles. The molecule has 0 unspecified atom stereocenters. The van der Waals surface area contributed by atoms with E-state index in [0.29, 0.717) is 11.3 Å². The predicted molar refractivity (Wildman–Crippen MR) is 56.9 cm³/mol. The van der Waals surface area contributed by atoms with Crippen LogP contribution in [0.4, 0.5) is 0 Å². The van der Waals surface area contributed by atoms with Crippen LogP contribution in [-0.4, -0.2) is 5.75 Å². The van der Waals surface area contributed by atoms with Gasteiger partial charge in [0.25, 0.3) is 0 Å². The minimum atomic E-state index is 0.583. The quantitative estimate of drug-likeness (QED) is 0.562. The van der Waals surface area contributed by atoms with E-state index in [1.807, 2.05) is 30.3 Å². The molecule has 1 rings (SSSR count). The molecule has 1 nitrogen and oxygen atoms in total. The Balaban J connectivity index is 2.52. The van der Waals surface area contributed by atoms with Crippen molar-refractivity contribution in [3.05, 3.63) is 41.4 Å². The summed E-state index contributed by atoms with van der Waals surface area (Å²) in [7, 11) is 0. The Labute approximate surface area is 87.0 Å². The standard InChI is InChI=1S/C10H8ClNS/c1-8(6-12)7-13-10-4-2-9(11)3-5-10/h2-5H,1,7H2. The third-order valence-electron chi connectivity index (χ3n) is 1.38. The molecule has 13 heavy (non-hydrogen) atoms. The van der Waals surface area contributed by atoms with Crippen molar-refractivity contribution >= 4 is 23.4 Å². The number of nitriles is 1. The lowest BCUT2D eigenvalue weighted by Crippen LogP contribution is -1.80. The fourth-order valence-electron chi connectivity index (χ4n) is 0.734. The van der Waals surface area contributed by atoms with E-state index in [-0.39, 0.29) is 0 Å². The van der Waals surface area contributed by atoms with Gasteiger partial charge in [-0.2, -0.15) is 5.26 Å². The molecule has 0 amide bonds. The summed E-state index contributed by atoms with van der Waals surface area (Å²) in [4.78, 5) is 1.10. The third-order valence-corrected chi connectivity index (χ3v) is 2.74. The summed E-state index contributed by atoms with van der Waals surface area (Å²) >= 11 is 7.30. The summed E-state index contributed by atoms with van der Waals surface area (Å²) in [6.07, 6.45) is 0. The molecule has 0 fully saturated rings. The zero-order valence-corrected chi connectivity index (χ0v) is 8.53. The molecule has 0 atom stereocenters. The van der Waals surface area contributed by atoms with E-state index in [2.05, 4.69) is 6.58 Å². The van der Waals surface area contributed by atoms with Gasteiger partial charge in [0.1, 0.15) is 0 Å². The fraction of sp³-hybridized carbons (Fsp3) is 0.100. The van der Waals surface area contributed by atoms with Gasteiger partial charge in [0.2, 0.25) is 0 Å². The predicted octanol–water partition coefficient (Wildman–Crippen LogP) is 3.51. The molecular formula is C10H8ClNS. The molecule has 0 aliphatic carbocycles. The SMILES string of the molecule is C=C(C#N)CSc1ccc(Cl)cc1. The maximum atomic E-state index is 8.47. The van der Waals surface area contributed by atoms with Gasteiger partial charge in [-0.1, -0.05) is 18.2 Å². The first-order valence-corrected chi connectivity index (χ1v) is 5.05. The number of thioether (sulfide) groups is 1. The number of benzene rings is 1. The Kier molecular flexibility index (Phi) is 3.88. The molecule has 0 aromatic heterocycles. The largest absolute Gasteiger partial charge is 0.193 e. The lowest BCUT2D eigenvalue weighted by molar-refractivity contribution is 1.43. The summed E-state index contributed by atoms with van der Waals surface area (Å²) < 4.78 is 0. The number of rotatable bonds is 3. The minimum Gasteiger partial charge on any atom is -0.193 e. The lowest BCUT2D eigenvalue weighted by atomic mass is 10.4. The van der Waals surface area contributed by atoms with E-state index in [1.165, 1.54) is 0 Å². The van der Waals surface area contributed by atoms with Crippen LogP contribution in [0.1, 0.15) is 0 Å². The van der Waals surface area contributed by atoms with Gasteiger partial charge in [0.15, 0.2) is 0 Å². The summed E-state index contributed by atoms with van der Waals surface area (Å²) in [6, 6.07) is 9.53. The first-order valence-electron chi connectivity index (χ1n) is 3.68. The third kappa shape index (κ3) is 3.54. The zero-order chi connectivity index (χ0) is 9.68. The Morgan fingerprint density at radius 1 is 1.46 bits per heavy atom. The van der Waals surface area contributed by atoms with Crippen molar-refractivity contribution in [2.45, 2.75) is 4.90 Å². The van der Waals surface area contributed by atoms with E-state index in [1.54, 1.807) is 11.8 Å². The monoisotopic (exact) mass is 209 g/mol. The molecule has 0 spiro atoms. The van der Waals surface area contributed by atoms with Crippen LogP contribution >= 0.6 is 23.4 Å². The highest BCUT2D eigenvalue weighted by atomic mass is 35.5. The highest BCUT2D eigenvalue weighted by Gasteiger charge is 1.95. The Hall–Kier alpha value is -0.910. The van der Waals surface area contributed by atoms with Gasteiger partial charge >= 0.3 is 0 Å². The van der Waals surface area contributed by atoms with E-state index in [9.17, 15) is 0 Å². The molecular weight excluding hydrogens is 202 g/mol. The molecule has 0 aliphatic heterocycles.